The molecule has 2 aliphatic rings. The fraction of sp³-hybridized carbons (Fsp3) is 0. The van der Waals surface area contributed by atoms with E-state index >= 15 is 0 Å². The predicted octanol–water partition coefficient (Wildman–Crippen LogP) is -1.32. The molecule has 4 aromatic carbocycles. The third-order valence-corrected chi connectivity index (χ3v) is 7.91. The van der Waals surface area contributed by atoms with E-state index < -0.39 is 47.8 Å². The summed E-state index contributed by atoms with van der Waals surface area (Å²) in [5.41, 5.74) is 6.51. The van der Waals surface area contributed by atoms with Gasteiger partial charge in [-0.15, -0.1) is 0 Å². The number of hydrogen-bond acceptors (Lipinski definition) is 14. The number of nitrogens with one attached hydrogen (secondary N) is 2. The number of hydrazone groups is 2. The molecule has 258 valence electrons. The van der Waals surface area contributed by atoms with Gasteiger partial charge in [0.2, 0.25) is 11.6 Å². The van der Waals surface area contributed by atoms with Crippen LogP contribution in [0.15, 0.2) is 106 Å². The van der Waals surface area contributed by atoms with Crippen molar-refractivity contribution in [2.45, 2.75) is 4.90 Å². The number of ketones is 2. The first-order valence-electron chi connectivity index (χ1n) is 14.0. The van der Waals surface area contributed by atoms with Crippen LogP contribution in [-0.2, 0) is 37.1 Å². The van der Waals surface area contributed by atoms with Crippen LogP contribution in [-0.4, -0.2) is 56.0 Å². The molecule has 17 nitrogen and oxygen atoms in total. The van der Waals surface area contributed by atoms with Crippen LogP contribution in [0.3, 0.4) is 0 Å². The van der Waals surface area contributed by atoms with Crippen LogP contribution in [0.4, 0.5) is 22.7 Å². The maximum Gasteiger partial charge on any atom is 1.00 e. The average Bonchev–Trinajstić information content (AvgIpc) is 3.08. The third kappa shape index (κ3) is 10.6. The monoisotopic (exact) mass is 796 g/mol. The number of benzene rings is 4. The first kappa shape index (κ1) is 44.6. The Bertz CT molecular complexity index is 2350. The van der Waals surface area contributed by atoms with E-state index in [4.69, 9.17) is 4.55 Å². The predicted molar refractivity (Wildman–Crippen MR) is 181 cm³/mol. The molecule has 53 heavy (non-hydrogen) atoms. The van der Waals surface area contributed by atoms with Crippen molar-refractivity contribution < 1.29 is 119 Å². The minimum absolute atomic E-state index is 0. The van der Waals surface area contributed by atoms with Crippen molar-refractivity contribution >= 4 is 68.0 Å². The fourth-order valence-corrected chi connectivity index (χ4v) is 5.27. The smallest absolute Gasteiger partial charge is 0.505 e. The van der Waals surface area contributed by atoms with E-state index in [1.165, 1.54) is 24.3 Å². The molecule has 2 aliphatic carbocycles. The van der Waals surface area contributed by atoms with Gasteiger partial charge in [0.15, 0.2) is 5.75 Å². The summed E-state index contributed by atoms with van der Waals surface area (Å²) >= 11 is 0. The summed E-state index contributed by atoms with van der Waals surface area (Å²) in [4.78, 5) is 43.2. The molecule has 0 spiro atoms. The molecular formula is C32H22CrN6Na2O11S+2. The number of anilines is 2. The number of rotatable bonds is 7. The molecule has 0 saturated heterocycles. The molecule has 0 amide bonds. The van der Waals surface area contributed by atoms with Gasteiger partial charge in [-0.2, -0.15) is 18.6 Å². The summed E-state index contributed by atoms with van der Waals surface area (Å²) in [6, 6.07) is 19.0. The average molecular weight is 797 g/mol. The Kier molecular flexibility index (Phi) is 16.0. The van der Waals surface area contributed by atoms with Gasteiger partial charge in [0.25, 0.3) is 21.5 Å². The second-order valence-corrected chi connectivity index (χ2v) is 11.6. The number of nitro benzene ring substituents is 2. The molecule has 0 radical (unpaired) electrons. The minimum Gasteiger partial charge on any atom is -0.505 e. The normalized spacial score (nSPS) is 13.9. The third-order valence-electron chi connectivity index (χ3n) is 7.04. The first-order chi connectivity index (χ1) is 23.7. The van der Waals surface area contributed by atoms with Crippen LogP contribution < -0.4 is 70.0 Å². The molecule has 6 rings (SSSR count). The van der Waals surface area contributed by atoms with E-state index in [2.05, 4.69) is 21.1 Å². The van der Waals surface area contributed by atoms with Crippen molar-refractivity contribution in [3.05, 3.63) is 133 Å². The van der Waals surface area contributed by atoms with Crippen LogP contribution >= 0.6 is 0 Å². The number of phenolic OH excluding ortho intramolecular Hbond substituents is 2. The van der Waals surface area contributed by atoms with Crippen molar-refractivity contribution in [1.82, 2.24) is 0 Å². The Morgan fingerprint density at radius 1 is 0.642 bits per heavy atom. The number of non-ortho nitro benzene ring substituents is 2. The topological polar surface area (TPSA) is 264 Å². The zero-order valence-electron chi connectivity index (χ0n) is 27.5. The Labute approximate surface area is 355 Å². The number of nitrogens with zero attached hydrogens (tertiary/aromatic N) is 4. The molecule has 0 bridgehead atoms. The van der Waals surface area contributed by atoms with Gasteiger partial charge in [0.05, 0.1) is 21.6 Å². The summed E-state index contributed by atoms with van der Waals surface area (Å²) in [6.07, 6.45) is 6.00. The molecule has 0 aliphatic heterocycles. The van der Waals surface area contributed by atoms with Crippen LogP contribution in [0.1, 0.15) is 22.3 Å². The number of hydrogen-bond donors (Lipinski definition) is 5. The molecule has 0 fully saturated rings. The van der Waals surface area contributed by atoms with Crippen molar-refractivity contribution in [3.63, 3.8) is 0 Å². The van der Waals surface area contributed by atoms with Gasteiger partial charge in [-0.25, -0.2) is 0 Å². The number of phenols is 2. The number of fused-ring (bicyclic) bond motifs is 2. The first-order valence-corrected chi connectivity index (χ1v) is 15.5. The standard InChI is InChI=1S/C16H11N3O7S.C16H11N3O4.Cr.2Na/c20-13-6-5-9-3-1-2-4-11(9)15(13)18-17-12-7-10(19(22)23)8-14(16(12)21)27(24,25)26;20-14-8-5-10-3-1-2-4-12(10)16(14)18-17-13-7-6-11(19(22)23)9-15(13)21;;;/h1-8,17,21H,(H,24,25,26);1-9,17,21H;;;/q;;;2*+1/b18-15-;18-16-;;;. The summed E-state index contributed by atoms with van der Waals surface area (Å²) in [5.74, 6) is -2.02. The summed E-state index contributed by atoms with van der Waals surface area (Å²) in [7, 11) is -4.94. The van der Waals surface area contributed by atoms with Crippen LogP contribution in [0, 0.1) is 20.2 Å². The maximum atomic E-state index is 12.1. The summed E-state index contributed by atoms with van der Waals surface area (Å²) < 4.78 is 31.8. The maximum absolute atomic E-state index is 12.1. The van der Waals surface area contributed by atoms with Crippen LogP contribution in [0.25, 0.3) is 12.2 Å². The van der Waals surface area contributed by atoms with Gasteiger partial charge in [-0.05, 0) is 29.3 Å². The number of carbonyl (C=O) groups is 2. The number of aromatic hydroxyl groups is 2. The van der Waals surface area contributed by atoms with Gasteiger partial charge in [0.1, 0.15) is 27.8 Å². The second kappa shape index (κ2) is 19.0. The van der Waals surface area contributed by atoms with Gasteiger partial charge in [0, 0.05) is 46.7 Å². The molecule has 0 heterocycles. The van der Waals surface area contributed by atoms with Gasteiger partial charge < -0.3 is 10.2 Å². The largest absolute Gasteiger partial charge is 1.00 e. The minimum atomic E-state index is -4.94. The van der Waals surface area contributed by atoms with E-state index in [9.17, 15) is 48.4 Å². The molecule has 21 heteroatoms. The molecular weight excluding hydrogens is 774 g/mol. The number of carbonyl (C=O) groups excluding carboxylic acids is 2. The molecule has 5 N–H and O–H groups in total. The van der Waals surface area contributed by atoms with E-state index in [-0.39, 0.29) is 111 Å². The van der Waals surface area contributed by atoms with Gasteiger partial charge >= 0.3 is 59.1 Å². The molecule has 0 saturated carbocycles. The second-order valence-electron chi connectivity index (χ2n) is 10.2. The summed E-state index contributed by atoms with van der Waals surface area (Å²) in [5, 5.41) is 49.4. The number of nitro groups is 2. The van der Waals surface area contributed by atoms with Crippen molar-refractivity contribution in [3.8, 4) is 11.5 Å². The Morgan fingerprint density at radius 3 is 1.57 bits per heavy atom. The van der Waals surface area contributed by atoms with Crippen molar-refractivity contribution in [1.29, 1.82) is 0 Å². The SMILES string of the molecule is O=C1C=Cc2ccccc2/C1=N/Nc1cc([N+](=O)[O-])cc(S(=O)(=O)O)c1O.O=C1C=Cc2ccccc2/C1=N/Nc1ccc([N+](=O)[O-])cc1O.[Cr].[Na+].[Na+]. The Balaban J connectivity index is 0.000000351. The van der Waals surface area contributed by atoms with E-state index in [0.29, 0.717) is 22.8 Å². The van der Waals surface area contributed by atoms with E-state index in [0.717, 1.165) is 17.7 Å². The van der Waals surface area contributed by atoms with Crippen LogP contribution in [0.5, 0.6) is 11.5 Å². The zero-order valence-corrected chi connectivity index (χ0v) is 33.6. The molecule has 0 atom stereocenters. The molecule has 0 aromatic heterocycles. The van der Waals surface area contributed by atoms with E-state index in [1.54, 1.807) is 48.6 Å². The van der Waals surface area contributed by atoms with Crippen molar-refractivity contribution in [2.75, 3.05) is 10.9 Å². The quantitative estimate of drug-likeness (QED) is 0.0478. The van der Waals surface area contributed by atoms with Gasteiger partial charge in [-0.3, -0.25) is 45.2 Å². The fourth-order valence-electron chi connectivity index (χ4n) is 4.64. The number of allylic oxidation sites excluding steroid dienone is 2. The van der Waals surface area contributed by atoms with Crippen LogP contribution in [0.2, 0.25) is 0 Å². The van der Waals surface area contributed by atoms with E-state index in [1.807, 2.05) is 12.1 Å². The van der Waals surface area contributed by atoms with Gasteiger partial charge in [-0.1, -0.05) is 60.7 Å². The Morgan fingerprint density at radius 2 is 1.11 bits per heavy atom. The van der Waals surface area contributed by atoms with Crippen molar-refractivity contribution in [2.24, 2.45) is 10.2 Å². The summed E-state index contributed by atoms with van der Waals surface area (Å²) in [6.45, 7) is 0. The molecule has 4 aromatic rings. The molecule has 0 unspecified atom stereocenters. The zero-order chi connectivity index (χ0) is 36.2. The Hall–Kier alpha value is -4.52.